The molecule has 0 radical (unpaired) electrons. The van der Waals surface area contributed by atoms with Gasteiger partial charge in [-0.1, -0.05) is 115 Å². The first-order valence-corrected chi connectivity index (χ1v) is 22.6. The van der Waals surface area contributed by atoms with Crippen LogP contribution in [0.1, 0.15) is 16.7 Å². The van der Waals surface area contributed by atoms with Gasteiger partial charge in [-0.15, -0.1) is 0 Å². The van der Waals surface area contributed by atoms with Crippen molar-refractivity contribution in [1.29, 1.82) is 15.8 Å². The predicted octanol–water partition coefficient (Wildman–Crippen LogP) is 9.27. The molecule has 0 saturated heterocycles. The van der Waals surface area contributed by atoms with E-state index in [2.05, 4.69) is 151 Å². The molecular formula is C58H28B2N8. The highest BCUT2D eigenvalue weighted by Gasteiger charge is 2.49. The normalized spacial score (nSPS) is 13.1. The molecule has 306 valence electrons. The average molecular weight is 859 g/mol. The van der Waals surface area contributed by atoms with Gasteiger partial charge < -0.3 is 18.9 Å². The van der Waals surface area contributed by atoms with Gasteiger partial charge in [-0.05, 0) is 87.4 Å². The van der Waals surface area contributed by atoms with E-state index in [4.69, 9.17) is 6.57 Å². The highest BCUT2D eigenvalue weighted by atomic mass is 15.2. The molecule has 0 aliphatic carbocycles. The van der Waals surface area contributed by atoms with Crippen molar-refractivity contribution >= 4 is 130 Å². The molecule has 8 nitrogen and oxygen atoms in total. The van der Waals surface area contributed by atoms with Crippen LogP contribution in [-0.4, -0.2) is 22.6 Å². The molecule has 0 saturated carbocycles. The number of para-hydroxylation sites is 6. The summed E-state index contributed by atoms with van der Waals surface area (Å²) in [6.45, 7) is 7.92. The summed E-state index contributed by atoms with van der Waals surface area (Å²) in [5.41, 5.74) is 18.4. The molecule has 10 heteroatoms. The molecule has 0 spiro atoms. The van der Waals surface area contributed by atoms with Crippen LogP contribution in [0.25, 0.3) is 59.8 Å². The summed E-state index contributed by atoms with van der Waals surface area (Å²) < 4.78 is 4.53. The van der Waals surface area contributed by atoms with Crippen molar-refractivity contribution < 1.29 is 0 Å². The van der Waals surface area contributed by atoms with Crippen molar-refractivity contribution in [3.63, 3.8) is 0 Å². The Labute approximate surface area is 390 Å². The summed E-state index contributed by atoms with van der Waals surface area (Å²) in [6.07, 6.45) is 0. The fraction of sp³-hybridized carbons (Fsp3) is 0. The molecule has 0 unspecified atom stereocenters. The van der Waals surface area contributed by atoms with E-state index in [1.807, 2.05) is 48.5 Å². The Morgan fingerprint density at radius 2 is 0.853 bits per heavy atom. The zero-order valence-corrected chi connectivity index (χ0v) is 35.9. The summed E-state index contributed by atoms with van der Waals surface area (Å²) in [6, 6.07) is 66.1. The molecule has 9 aromatic carbocycles. The standard InChI is InChI=1S/C58H28B2N8/c1-64-46-27-35(32-63)54-52-58(46)68-48-25-11-9-19-39(48)41-21-13-23-43(57(41)68)60(52)45-28-44-49(29-50(45)66(54)37-16-6-3-7-17-37)65(36-14-4-2-5-15-36)53-33(30-61)26-34(31-62)55-51(53)59(44)42-22-12-20-40-38-18-8-10-24-47(38)67(55)56(40)42/h2-29H. The van der Waals surface area contributed by atoms with Gasteiger partial charge in [0.2, 0.25) is 12.4 Å². The van der Waals surface area contributed by atoms with Gasteiger partial charge in [0.1, 0.15) is 12.1 Å². The minimum absolute atomic E-state index is 0.383. The number of hydrogen-bond acceptors (Lipinski definition) is 5. The van der Waals surface area contributed by atoms with Gasteiger partial charge in [0.15, 0.2) is 0 Å². The second kappa shape index (κ2) is 13.0. The van der Waals surface area contributed by atoms with Gasteiger partial charge in [0, 0.05) is 61.0 Å². The highest BCUT2D eigenvalue weighted by Crippen LogP contribution is 2.49. The SMILES string of the molecule is [C-]#[N+]c1cc(C#N)c2c3c1-n1c4ccccc4c4cccc(c41)B3c1cc3c(cc1N2c1ccccc1)N(c1ccccc1)c1c(C#N)cc(C#N)c2c1B3c1cccc3c4ccccc4n-2c13. The quantitative estimate of drug-likeness (QED) is 0.128. The van der Waals surface area contributed by atoms with Crippen LogP contribution in [0.3, 0.4) is 0 Å². The van der Waals surface area contributed by atoms with Crippen molar-refractivity contribution in [2.24, 2.45) is 0 Å². The Hall–Kier alpha value is -9.73. The third-order valence-corrected chi connectivity index (χ3v) is 14.9. The van der Waals surface area contributed by atoms with Gasteiger partial charge in [-0.25, -0.2) is 4.85 Å². The summed E-state index contributed by atoms with van der Waals surface area (Å²) in [7, 11) is 0. The number of benzene rings is 9. The molecule has 0 atom stereocenters. The topological polar surface area (TPSA) is 92.1 Å². The van der Waals surface area contributed by atoms with E-state index in [9.17, 15) is 15.8 Å². The lowest BCUT2D eigenvalue weighted by molar-refractivity contribution is 1.16. The second-order valence-electron chi connectivity index (χ2n) is 18.0. The predicted molar refractivity (Wildman–Crippen MR) is 274 cm³/mol. The van der Waals surface area contributed by atoms with E-state index >= 15 is 0 Å². The minimum Gasteiger partial charge on any atom is -0.320 e. The van der Waals surface area contributed by atoms with Crippen molar-refractivity contribution in [1.82, 2.24) is 9.13 Å². The Morgan fingerprint density at radius 3 is 1.37 bits per heavy atom. The average Bonchev–Trinajstić information content (AvgIpc) is 3.92. The third kappa shape index (κ3) is 4.29. The molecule has 4 aliphatic rings. The number of hydrogen-bond donors (Lipinski definition) is 0. The maximum atomic E-state index is 11.2. The molecular weight excluding hydrogens is 830 g/mol. The van der Waals surface area contributed by atoms with Crippen LogP contribution in [0, 0.1) is 40.6 Å². The number of nitrogens with zero attached hydrogens (tertiary/aromatic N) is 8. The second-order valence-corrected chi connectivity index (χ2v) is 18.0. The van der Waals surface area contributed by atoms with Crippen LogP contribution >= 0.6 is 0 Å². The summed E-state index contributed by atoms with van der Waals surface area (Å²) in [4.78, 5) is 8.64. The number of rotatable bonds is 2. The van der Waals surface area contributed by atoms with Gasteiger partial charge in [-0.2, -0.15) is 15.8 Å². The van der Waals surface area contributed by atoms with E-state index in [-0.39, 0.29) is 13.4 Å². The smallest absolute Gasteiger partial charge is 0.252 e. The molecule has 4 aliphatic heterocycles. The summed E-state index contributed by atoms with van der Waals surface area (Å²) in [5.74, 6) is 0. The first kappa shape index (κ1) is 36.6. The maximum Gasteiger partial charge on any atom is 0.252 e. The number of fused-ring (bicyclic) bond motifs is 14. The van der Waals surface area contributed by atoms with Crippen molar-refractivity contribution in [3.8, 4) is 29.6 Å². The Balaban J connectivity index is 1.16. The molecule has 0 N–H and O–H groups in total. The molecule has 0 amide bonds. The van der Waals surface area contributed by atoms with Crippen LogP contribution < -0.4 is 42.6 Å². The maximum absolute atomic E-state index is 11.2. The number of nitriles is 3. The van der Waals surface area contributed by atoms with Crippen LogP contribution in [0.15, 0.2) is 170 Å². The molecule has 68 heavy (non-hydrogen) atoms. The van der Waals surface area contributed by atoms with E-state index in [0.29, 0.717) is 22.4 Å². The van der Waals surface area contributed by atoms with Crippen LogP contribution in [-0.2, 0) is 0 Å². The Kier molecular flexibility index (Phi) is 6.98. The van der Waals surface area contributed by atoms with Crippen molar-refractivity contribution in [2.75, 3.05) is 9.80 Å². The van der Waals surface area contributed by atoms with E-state index in [1.165, 1.54) is 0 Å². The van der Waals surface area contributed by atoms with Gasteiger partial charge >= 0.3 is 0 Å². The van der Waals surface area contributed by atoms with E-state index < -0.39 is 0 Å². The zero-order valence-electron chi connectivity index (χ0n) is 35.9. The van der Waals surface area contributed by atoms with Crippen LogP contribution in [0.5, 0.6) is 0 Å². The molecule has 15 rings (SSSR count). The monoisotopic (exact) mass is 858 g/mol. The fourth-order valence-corrected chi connectivity index (χ4v) is 12.6. The summed E-state index contributed by atoms with van der Waals surface area (Å²) in [5, 5.41) is 37.9. The highest BCUT2D eigenvalue weighted by molar-refractivity contribution is 7.03. The molecule has 0 fully saturated rings. The molecule has 11 aromatic rings. The van der Waals surface area contributed by atoms with Crippen LogP contribution in [0.4, 0.5) is 39.8 Å². The lowest BCUT2D eigenvalue weighted by Crippen LogP contribution is -2.65. The fourth-order valence-electron chi connectivity index (χ4n) is 12.6. The van der Waals surface area contributed by atoms with E-state index in [1.54, 1.807) is 12.1 Å². The zero-order chi connectivity index (χ0) is 45.1. The Morgan fingerprint density at radius 1 is 0.412 bits per heavy atom. The lowest BCUT2D eigenvalue weighted by atomic mass is 9.30. The minimum atomic E-state index is -0.387. The molecule has 0 bridgehead atoms. The Bertz CT molecular complexity index is 4070. The first-order valence-electron chi connectivity index (χ1n) is 22.6. The van der Waals surface area contributed by atoms with Crippen molar-refractivity contribution in [2.45, 2.75) is 0 Å². The van der Waals surface area contributed by atoms with Gasteiger partial charge in [0.25, 0.3) is 6.71 Å². The largest absolute Gasteiger partial charge is 0.320 e. The van der Waals surface area contributed by atoms with Crippen molar-refractivity contribution in [3.05, 3.63) is 198 Å². The lowest BCUT2D eigenvalue weighted by Gasteiger charge is -2.45. The van der Waals surface area contributed by atoms with Gasteiger partial charge in [0.05, 0.1) is 57.4 Å². The number of aromatic nitrogens is 2. The van der Waals surface area contributed by atoms with E-state index in [0.717, 1.165) is 122 Å². The molecule has 2 aromatic heterocycles. The first-order chi connectivity index (χ1) is 33.6. The van der Waals surface area contributed by atoms with Gasteiger partial charge in [-0.3, -0.25) is 0 Å². The van der Waals surface area contributed by atoms with Crippen LogP contribution in [0.2, 0.25) is 0 Å². The third-order valence-electron chi connectivity index (χ3n) is 14.9. The summed E-state index contributed by atoms with van der Waals surface area (Å²) >= 11 is 0. The molecule has 6 heterocycles. The number of anilines is 6.